The maximum atomic E-state index is 15.0. The minimum atomic E-state index is -1.23. The highest BCUT2D eigenvalue weighted by molar-refractivity contribution is 7.10. The summed E-state index contributed by atoms with van der Waals surface area (Å²) in [6.45, 7) is 4.39. The highest BCUT2D eigenvalue weighted by Crippen LogP contribution is 2.43. The van der Waals surface area contributed by atoms with Crippen LogP contribution in [-0.2, 0) is 9.53 Å². The Morgan fingerprint density at radius 3 is 2.42 bits per heavy atom. The van der Waals surface area contributed by atoms with E-state index in [2.05, 4.69) is 5.32 Å². The lowest BCUT2D eigenvalue weighted by molar-refractivity contribution is -0.120. The van der Waals surface area contributed by atoms with Crippen molar-refractivity contribution in [3.05, 3.63) is 62.4 Å². The molecule has 1 aromatic heterocycles. The van der Waals surface area contributed by atoms with Crippen molar-refractivity contribution < 1.29 is 22.7 Å². The average Bonchev–Trinajstić information content (AvgIpc) is 3.23. The van der Waals surface area contributed by atoms with E-state index < -0.39 is 40.8 Å². The standard InChI is InChI=1S/C19H18F3NO2S/c1-8(2)11-12(14(20)9(3)15(21)16(11)22)13-17(24)18(25-19(13)23-4)10-6-5-7-26-10/h5-8,18,23H,1-4H3. The first-order valence-electron chi connectivity index (χ1n) is 8.13. The topological polar surface area (TPSA) is 38.3 Å². The number of ketones is 1. The van der Waals surface area contributed by atoms with Gasteiger partial charge in [0.15, 0.2) is 23.6 Å². The van der Waals surface area contributed by atoms with Crippen LogP contribution in [0.1, 0.15) is 47.4 Å². The third-order valence-corrected chi connectivity index (χ3v) is 5.30. The summed E-state index contributed by atoms with van der Waals surface area (Å²) in [6, 6.07) is 3.51. The Hall–Kier alpha value is -2.28. The number of halogens is 3. The Morgan fingerprint density at radius 1 is 1.19 bits per heavy atom. The molecule has 7 heteroatoms. The largest absolute Gasteiger partial charge is 0.461 e. The fourth-order valence-electron chi connectivity index (χ4n) is 3.10. The van der Waals surface area contributed by atoms with Crippen LogP contribution in [0.2, 0.25) is 0 Å². The van der Waals surface area contributed by atoms with Crippen LogP contribution in [0.25, 0.3) is 5.57 Å². The summed E-state index contributed by atoms with van der Waals surface area (Å²) >= 11 is 1.33. The zero-order valence-electron chi connectivity index (χ0n) is 14.7. The maximum Gasteiger partial charge on any atom is 0.214 e. The molecule has 1 aliphatic rings. The number of carbonyl (C=O) groups excluding carboxylic acids is 1. The highest BCUT2D eigenvalue weighted by atomic mass is 32.1. The molecule has 1 aromatic carbocycles. The number of hydrogen-bond donors (Lipinski definition) is 1. The highest BCUT2D eigenvalue weighted by Gasteiger charge is 2.41. The molecule has 1 aliphatic heterocycles. The van der Waals surface area contributed by atoms with Crippen molar-refractivity contribution in [3.63, 3.8) is 0 Å². The van der Waals surface area contributed by atoms with Crippen LogP contribution in [0.4, 0.5) is 13.2 Å². The molecule has 0 fully saturated rings. The van der Waals surface area contributed by atoms with Gasteiger partial charge in [-0.2, -0.15) is 0 Å². The zero-order chi connectivity index (χ0) is 19.2. The molecule has 0 saturated heterocycles. The third kappa shape index (κ3) is 2.70. The SMILES string of the molecule is CNC1=C(c2c(F)c(C)c(F)c(F)c2C(C)C)C(=O)C(c2cccs2)O1. The molecule has 3 rings (SSSR count). The number of thiophene rings is 1. The summed E-state index contributed by atoms with van der Waals surface area (Å²) in [7, 11) is 1.53. The summed E-state index contributed by atoms with van der Waals surface area (Å²) in [5.41, 5.74) is -0.951. The van der Waals surface area contributed by atoms with Gasteiger partial charge in [-0.25, -0.2) is 13.2 Å². The van der Waals surface area contributed by atoms with Gasteiger partial charge in [0.25, 0.3) is 0 Å². The monoisotopic (exact) mass is 381 g/mol. The molecule has 0 bridgehead atoms. The molecule has 1 N–H and O–H groups in total. The van der Waals surface area contributed by atoms with E-state index in [4.69, 9.17) is 4.74 Å². The minimum absolute atomic E-state index is 0.0552. The Kier molecular flexibility index (Phi) is 4.84. The van der Waals surface area contributed by atoms with Crippen molar-refractivity contribution in [3.8, 4) is 0 Å². The second-order valence-electron chi connectivity index (χ2n) is 6.34. The van der Waals surface area contributed by atoms with Crippen LogP contribution in [0.15, 0.2) is 23.4 Å². The predicted molar refractivity (Wildman–Crippen MR) is 94.3 cm³/mol. The first-order valence-corrected chi connectivity index (χ1v) is 9.01. The lowest BCUT2D eigenvalue weighted by Gasteiger charge is -2.18. The molecule has 138 valence electrons. The molecule has 2 heterocycles. The molecular formula is C19H18F3NO2S. The summed E-state index contributed by atoms with van der Waals surface area (Å²) in [6.07, 6.45) is -0.930. The van der Waals surface area contributed by atoms with E-state index in [0.29, 0.717) is 4.88 Å². The molecule has 0 aliphatic carbocycles. The van der Waals surface area contributed by atoms with Gasteiger partial charge in [-0.15, -0.1) is 11.3 Å². The summed E-state index contributed by atoms with van der Waals surface area (Å²) in [5.74, 6) is -4.28. The molecule has 26 heavy (non-hydrogen) atoms. The van der Waals surface area contributed by atoms with Crippen LogP contribution in [0, 0.1) is 24.4 Å². The number of carbonyl (C=O) groups is 1. The molecule has 1 atom stereocenters. The van der Waals surface area contributed by atoms with E-state index >= 15 is 0 Å². The van der Waals surface area contributed by atoms with E-state index in [1.807, 2.05) is 0 Å². The van der Waals surface area contributed by atoms with Crippen molar-refractivity contribution in [2.24, 2.45) is 0 Å². The Balaban J connectivity index is 2.26. The molecule has 0 saturated carbocycles. The van der Waals surface area contributed by atoms with Gasteiger partial charge in [-0.3, -0.25) is 4.79 Å². The van der Waals surface area contributed by atoms with E-state index in [9.17, 15) is 18.0 Å². The van der Waals surface area contributed by atoms with Crippen molar-refractivity contribution in [1.29, 1.82) is 0 Å². The van der Waals surface area contributed by atoms with Crippen LogP contribution in [0.3, 0.4) is 0 Å². The molecule has 1 unspecified atom stereocenters. The third-order valence-electron chi connectivity index (χ3n) is 4.38. The summed E-state index contributed by atoms with van der Waals surface area (Å²) in [5, 5.41) is 4.54. The number of hydrogen-bond acceptors (Lipinski definition) is 4. The number of ether oxygens (including phenoxy) is 1. The van der Waals surface area contributed by atoms with Crippen molar-refractivity contribution >= 4 is 22.7 Å². The van der Waals surface area contributed by atoms with E-state index in [0.717, 1.165) is 6.92 Å². The van der Waals surface area contributed by atoms with Gasteiger partial charge in [-0.1, -0.05) is 19.9 Å². The zero-order valence-corrected chi connectivity index (χ0v) is 15.6. The maximum absolute atomic E-state index is 15.0. The van der Waals surface area contributed by atoms with Gasteiger partial charge in [0.05, 0.1) is 10.5 Å². The molecule has 0 radical (unpaired) electrons. The molecule has 2 aromatic rings. The molecule has 0 spiro atoms. The first-order chi connectivity index (χ1) is 12.3. The van der Waals surface area contributed by atoms with Crippen molar-refractivity contribution in [2.45, 2.75) is 32.8 Å². The Bertz CT molecular complexity index is 904. The van der Waals surface area contributed by atoms with E-state index in [-0.39, 0.29) is 22.6 Å². The first kappa shape index (κ1) is 18.5. The van der Waals surface area contributed by atoms with E-state index in [1.165, 1.54) is 18.4 Å². The number of Topliss-reactive ketones (excluding diaryl/α,β-unsaturated/α-hetero) is 1. The van der Waals surface area contributed by atoms with Gasteiger partial charge in [0.2, 0.25) is 5.78 Å². The molecule has 3 nitrogen and oxygen atoms in total. The second kappa shape index (κ2) is 6.79. The van der Waals surface area contributed by atoms with Gasteiger partial charge in [0.1, 0.15) is 5.82 Å². The van der Waals surface area contributed by atoms with Crippen LogP contribution in [0.5, 0.6) is 0 Å². The summed E-state index contributed by atoms with van der Waals surface area (Å²) < 4.78 is 49.4. The van der Waals surface area contributed by atoms with Gasteiger partial charge in [0, 0.05) is 23.7 Å². The predicted octanol–water partition coefficient (Wildman–Crippen LogP) is 4.83. The Morgan fingerprint density at radius 2 is 1.88 bits per heavy atom. The van der Waals surface area contributed by atoms with Crippen LogP contribution < -0.4 is 5.32 Å². The Labute approximate surface area is 153 Å². The minimum Gasteiger partial charge on any atom is -0.461 e. The molecule has 0 amide bonds. The van der Waals surface area contributed by atoms with Crippen LogP contribution >= 0.6 is 11.3 Å². The second-order valence-corrected chi connectivity index (χ2v) is 7.32. The lowest BCUT2D eigenvalue weighted by Crippen LogP contribution is -2.15. The fourth-order valence-corrected chi connectivity index (χ4v) is 3.85. The average molecular weight is 381 g/mol. The number of nitrogens with one attached hydrogen (secondary N) is 1. The number of benzene rings is 1. The lowest BCUT2D eigenvalue weighted by atomic mass is 9.87. The van der Waals surface area contributed by atoms with Crippen molar-refractivity contribution in [1.82, 2.24) is 5.32 Å². The molecular weight excluding hydrogens is 363 g/mol. The fraction of sp³-hybridized carbons (Fsp3) is 0.316. The van der Waals surface area contributed by atoms with E-state index in [1.54, 1.807) is 31.4 Å². The quantitative estimate of drug-likeness (QED) is 0.772. The van der Waals surface area contributed by atoms with Gasteiger partial charge in [-0.05, 0) is 24.3 Å². The van der Waals surface area contributed by atoms with Crippen LogP contribution in [-0.4, -0.2) is 12.8 Å². The summed E-state index contributed by atoms with van der Waals surface area (Å²) in [4.78, 5) is 13.7. The van der Waals surface area contributed by atoms with Crippen molar-refractivity contribution in [2.75, 3.05) is 7.05 Å². The van der Waals surface area contributed by atoms with Gasteiger partial charge >= 0.3 is 0 Å². The smallest absolute Gasteiger partial charge is 0.214 e. The number of rotatable bonds is 4. The normalized spacial score (nSPS) is 17.2. The van der Waals surface area contributed by atoms with Gasteiger partial charge < -0.3 is 10.1 Å².